The largest absolute Gasteiger partial charge is 0.332 e. The van der Waals surface area contributed by atoms with Crippen LogP contribution in [0.15, 0.2) is 29.4 Å². The van der Waals surface area contributed by atoms with Gasteiger partial charge in [-0.3, -0.25) is 4.72 Å². The molecule has 0 aliphatic heterocycles. The number of aromatic amines is 1. The molecule has 0 saturated carbocycles. The van der Waals surface area contributed by atoms with Crippen LogP contribution >= 0.6 is 11.6 Å². The Bertz CT molecular complexity index is 818. The number of nitrogens with two attached hydrogens (primary N) is 1. The Kier molecular flexibility index (Phi) is 4.53. The van der Waals surface area contributed by atoms with Gasteiger partial charge in [0.15, 0.2) is 5.03 Å². The summed E-state index contributed by atoms with van der Waals surface area (Å²) in [5, 5.41) is 0.239. The Morgan fingerprint density at radius 2 is 2.24 bits per heavy atom. The van der Waals surface area contributed by atoms with E-state index in [1.165, 1.54) is 6.20 Å². The number of nitrogens with zero attached hydrogens (tertiary/aromatic N) is 1. The van der Waals surface area contributed by atoms with E-state index >= 15 is 0 Å². The smallest absolute Gasteiger partial charge is 0.279 e. The van der Waals surface area contributed by atoms with Crippen molar-refractivity contribution in [2.24, 2.45) is 5.73 Å². The summed E-state index contributed by atoms with van der Waals surface area (Å²) in [5.74, 6) is 6.01. The highest BCUT2D eigenvalue weighted by Gasteiger charge is 2.18. The molecule has 0 saturated heterocycles. The Morgan fingerprint density at radius 1 is 1.48 bits per heavy atom. The summed E-state index contributed by atoms with van der Waals surface area (Å²) in [5.41, 5.74) is 6.16. The SMILES string of the molecule is Cc1ncc(S(=O)(=O)Nc2cc(C#CCN)ccc2Cl)[nH]1. The predicted octanol–water partition coefficient (Wildman–Crippen LogP) is 1.48. The van der Waals surface area contributed by atoms with Gasteiger partial charge in [-0.15, -0.1) is 0 Å². The van der Waals surface area contributed by atoms with Crippen LogP contribution in [0.3, 0.4) is 0 Å². The Hall–Kier alpha value is -2.01. The third-order valence-electron chi connectivity index (χ3n) is 2.51. The highest BCUT2D eigenvalue weighted by Crippen LogP contribution is 2.25. The zero-order valence-corrected chi connectivity index (χ0v) is 12.7. The first kappa shape index (κ1) is 15.4. The van der Waals surface area contributed by atoms with E-state index in [9.17, 15) is 8.42 Å². The van der Waals surface area contributed by atoms with Crippen molar-refractivity contribution >= 4 is 27.3 Å². The number of H-pyrrole nitrogens is 1. The van der Waals surface area contributed by atoms with Crippen LogP contribution in [0.4, 0.5) is 5.69 Å². The highest BCUT2D eigenvalue weighted by molar-refractivity contribution is 7.92. The number of rotatable bonds is 3. The molecule has 1 aromatic carbocycles. The van der Waals surface area contributed by atoms with Gasteiger partial charge in [0, 0.05) is 5.56 Å². The number of aryl methyl sites for hydroxylation is 1. The van der Waals surface area contributed by atoms with Gasteiger partial charge in [-0.25, -0.2) is 4.98 Å². The number of nitrogens with one attached hydrogen (secondary N) is 2. The monoisotopic (exact) mass is 324 g/mol. The van der Waals surface area contributed by atoms with E-state index in [4.69, 9.17) is 17.3 Å². The van der Waals surface area contributed by atoms with Crippen molar-refractivity contribution in [1.29, 1.82) is 0 Å². The molecular formula is C13H13ClN4O2S. The molecule has 4 N–H and O–H groups in total. The fourth-order valence-corrected chi connectivity index (χ4v) is 2.83. The van der Waals surface area contributed by atoms with Gasteiger partial charge in [-0.1, -0.05) is 23.4 Å². The van der Waals surface area contributed by atoms with E-state index < -0.39 is 10.0 Å². The molecule has 2 aromatic rings. The fraction of sp³-hybridized carbons (Fsp3) is 0.154. The minimum absolute atomic E-state index is 0.0329. The van der Waals surface area contributed by atoms with Gasteiger partial charge >= 0.3 is 0 Å². The molecule has 0 atom stereocenters. The van der Waals surface area contributed by atoms with E-state index in [0.717, 1.165) is 0 Å². The highest BCUT2D eigenvalue weighted by atomic mass is 35.5. The lowest BCUT2D eigenvalue weighted by Crippen LogP contribution is -2.13. The van der Waals surface area contributed by atoms with Crippen molar-refractivity contribution in [3.05, 3.63) is 40.8 Å². The van der Waals surface area contributed by atoms with E-state index in [1.807, 2.05) is 0 Å². The molecule has 0 bridgehead atoms. The van der Waals surface area contributed by atoms with Gasteiger partial charge < -0.3 is 10.7 Å². The molecule has 6 nitrogen and oxygen atoms in total. The maximum Gasteiger partial charge on any atom is 0.279 e. The van der Waals surface area contributed by atoms with E-state index in [1.54, 1.807) is 25.1 Å². The maximum absolute atomic E-state index is 12.2. The van der Waals surface area contributed by atoms with E-state index in [-0.39, 0.29) is 22.3 Å². The van der Waals surface area contributed by atoms with Crippen molar-refractivity contribution in [2.45, 2.75) is 11.9 Å². The predicted molar refractivity (Wildman–Crippen MR) is 81.5 cm³/mol. The topological polar surface area (TPSA) is 101 Å². The third kappa shape index (κ3) is 3.76. The van der Waals surface area contributed by atoms with Crippen molar-refractivity contribution in [1.82, 2.24) is 9.97 Å². The number of halogens is 1. The number of hydrogen-bond acceptors (Lipinski definition) is 4. The third-order valence-corrected chi connectivity index (χ3v) is 4.12. The first-order valence-electron chi connectivity index (χ1n) is 5.95. The average molecular weight is 325 g/mol. The van der Waals surface area contributed by atoms with Crippen LogP contribution in [0, 0.1) is 18.8 Å². The van der Waals surface area contributed by atoms with E-state index in [0.29, 0.717) is 11.4 Å². The summed E-state index contributed by atoms with van der Waals surface area (Å²) in [6.45, 7) is 1.88. The quantitative estimate of drug-likeness (QED) is 0.744. The van der Waals surface area contributed by atoms with Crippen molar-refractivity contribution in [3.8, 4) is 11.8 Å². The molecule has 2 rings (SSSR count). The molecule has 8 heteroatoms. The summed E-state index contributed by atoms with van der Waals surface area (Å²) in [7, 11) is -3.78. The van der Waals surface area contributed by atoms with Gasteiger partial charge in [0.25, 0.3) is 10.0 Å². The second kappa shape index (κ2) is 6.18. The van der Waals surface area contributed by atoms with Crippen LogP contribution in [0.2, 0.25) is 5.02 Å². The van der Waals surface area contributed by atoms with Crippen LogP contribution in [0.1, 0.15) is 11.4 Å². The van der Waals surface area contributed by atoms with Crippen molar-refractivity contribution < 1.29 is 8.42 Å². The van der Waals surface area contributed by atoms with Crippen molar-refractivity contribution in [3.63, 3.8) is 0 Å². The molecule has 0 aliphatic rings. The lowest BCUT2D eigenvalue weighted by Gasteiger charge is -2.08. The zero-order valence-electron chi connectivity index (χ0n) is 11.1. The number of sulfonamides is 1. The van der Waals surface area contributed by atoms with Gasteiger partial charge in [-0.05, 0) is 25.1 Å². The van der Waals surface area contributed by atoms with Crippen LogP contribution in [-0.4, -0.2) is 24.9 Å². The van der Waals surface area contributed by atoms with Crippen LogP contribution in [0.5, 0.6) is 0 Å². The molecule has 1 heterocycles. The van der Waals surface area contributed by atoms with Crippen LogP contribution < -0.4 is 10.5 Å². The molecule has 21 heavy (non-hydrogen) atoms. The van der Waals surface area contributed by atoms with E-state index in [2.05, 4.69) is 26.5 Å². The molecule has 1 aromatic heterocycles. The zero-order chi connectivity index (χ0) is 15.5. The summed E-state index contributed by atoms with van der Waals surface area (Å²) in [6, 6.07) is 4.80. The normalized spacial score (nSPS) is 10.8. The summed E-state index contributed by atoms with van der Waals surface area (Å²) in [6.07, 6.45) is 1.24. The first-order valence-corrected chi connectivity index (χ1v) is 7.81. The molecule has 0 radical (unpaired) electrons. The number of benzene rings is 1. The van der Waals surface area contributed by atoms with Gasteiger partial charge in [0.05, 0.1) is 23.5 Å². The Labute approximate surface area is 127 Å². The molecule has 110 valence electrons. The number of imidazole rings is 1. The first-order chi connectivity index (χ1) is 9.92. The Balaban J connectivity index is 2.34. The van der Waals surface area contributed by atoms with Gasteiger partial charge in [0.2, 0.25) is 0 Å². The lowest BCUT2D eigenvalue weighted by atomic mass is 10.2. The molecular weight excluding hydrogens is 312 g/mol. The van der Waals surface area contributed by atoms with Crippen LogP contribution in [-0.2, 0) is 10.0 Å². The molecule has 0 aliphatic carbocycles. The minimum Gasteiger partial charge on any atom is -0.332 e. The summed E-state index contributed by atoms with van der Waals surface area (Å²) >= 11 is 6.00. The molecule has 0 spiro atoms. The molecule has 0 unspecified atom stereocenters. The lowest BCUT2D eigenvalue weighted by molar-refractivity contribution is 0.598. The molecule has 0 amide bonds. The average Bonchev–Trinajstić information content (AvgIpc) is 2.87. The van der Waals surface area contributed by atoms with Crippen molar-refractivity contribution in [2.75, 3.05) is 11.3 Å². The summed E-state index contributed by atoms with van der Waals surface area (Å²) < 4.78 is 26.8. The Morgan fingerprint density at radius 3 is 2.86 bits per heavy atom. The number of anilines is 1. The van der Waals surface area contributed by atoms with Crippen LogP contribution in [0.25, 0.3) is 0 Å². The summed E-state index contributed by atoms with van der Waals surface area (Å²) in [4.78, 5) is 6.52. The fourth-order valence-electron chi connectivity index (χ4n) is 1.57. The molecule has 0 fully saturated rings. The maximum atomic E-state index is 12.2. The van der Waals surface area contributed by atoms with Gasteiger partial charge in [0.1, 0.15) is 5.82 Å². The second-order valence-corrected chi connectivity index (χ2v) is 6.20. The van der Waals surface area contributed by atoms with Gasteiger partial charge in [-0.2, -0.15) is 8.42 Å². The minimum atomic E-state index is -3.78. The standard InChI is InChI=1S/C13H13ClN4O2S/c1-9-16-8-13(17-9)21(19,20)18-12-7-10(3-2-6-15)4-5-11(12)14/h4-5,7-8,18H,6,15H2,1H3,(H,16,17). The second-order valence-electron chi connectivity index (χ2n) is 4.14. The number of hydrogen-bond donors (Lipinski definition) is 3. The number of aromatic nitrogens is 2.